The zero-order valence-electron chi connectivity index (χ0n) is 10.9. The summed E-state index contributed by atoms with van der Waals surface area (Å²) in [7, 11) is 0. The minimum absolute atomic E-state index is 0.314. The molecule has 1 aromatic heterocycles. The number of hydrazine groups is 1. The molecule has 5 nitrogen and oxygen atoms in total. The average Bonchev–Trinajstić information content (AvgIpc) is 2.37. The molecule has 106 valence electrons. The van der Waals surface area contributed by atoms with Crippen LogP contribution in [0.2, 0.25) is 0 Å². The zero-order valence-corrected chi connectivity index (χ0v) is 12.4. The lowest BCUT2D eigenvalue weighted by Gasteiger charge is -2.09. The van der Waals surface area contributed by atoms with Crippen LogP contribution >= 0.6 is 15.9 Å². The Morgan fingerprint density at radius 2 is 2.10 bits per heavy atom. The van der Waals surface area contributed by atoms with Crippen LogP contribution in [-0.2, 0) is 6.42 Å². The fourth-order valence-electron chi connectivity index (χ4n) is 1.64. The van der Waals surface area contributed by atoms with Crippen molar-refractivity contribution < 1.29 is 9.13 Å². The van der Waals surface area contributed by atoms with Gasteiger partial charge in [-0.1, -0.05) is 22.9 Å². The van der Waals surface area contributed by atoms with Crippen LogP contribution in [0.15, 0.2) is 28.7 Å². The van der Waals surface area contributed by atoms with Gasteiger partial charge in [0, 0.05) is 23.0 Å². The number of benzene rings is 1. The average molecular weight is 341 g/mol. The molecule has 0 spiro atoms. The molecule has 1 aromatic carbocycles. The first-order valence-electron chi connectivity index (χ1n) is 6.09. The summed E-state index contributed by atoms with van der Waals surface area (Å²) in [6, 6.07) is 5.84. The number of hydrogen-bond donors (Lipinski definition) is 2. The fraction of sp³-hybridized carbons (Fsp3) is 0.231. The van der Waals surface area contributed by atoms with Crippen molar-refractivity contribution in [1.29, 1.82) is 0 Å². The summed E-state index contributed by atoms with van der Waals surface area (Å²) in [6.45, 7) is 2.02. The lowest BCUT2D eigenvalue weighted by atomic mass is 10.3. The number of anilines is 1. The maximum atomic E-state index is 13.3. The molecular formula is C13H14BrFN4O. The number of hydrogen-bond acceptors (Lipinski definition) is 5. The number of ether oxygens (including phenoxy) is 1. The van der Waals surface area contributed by atoms with Gasteiger partial charge in [0.15, 0.2) is 0 Å². The highest BCUT2D eigenvalue weighted by Crippen LogP contribution is 2.26. The van der Waals surface area contributed by atoms with Gasteiger partial charge in [-0.3, -0.25) is 0 Å². The molecule has 0 bridgehead atoms. The first-order chi connectivity index (χ1) is 9.60. The molecule has 0 saturated heterocycles. The summed E-state index contributed by atoms with van der Waals surface area (Å²) < 4.78 is 19.4. The molecule has 0 amide bonds. The van der Waals surface area contributed by atoms with E-state index < -0.39 is 5.82 Å². The van der Waals surface area contributed by atoms with Crippen LogP contribution in [0.3, 0.4) is 0 Å². The molecule has 0 saturated carbocycles. The van der Waals surface area contributed by atoms with Gasteiger partial charge in [0.25, 0.3) is 0 Å². The van der Waals surface area contributed by atoms with E-state index in [-0.39, 0.29) is 0 Å². The molecule has 0 radical (unpaired) electrons. The summed E-state index contributed by atoms with van der Waals surface area (Å²) in [4.78, 5) is 8.47. The van der Waals surface area contributed by atoms with Crippen molar-refractivity contribution in [3.8, 4) is 11.6 Å². The summed E-state index contributed by atoms with van der Waals surface area (Å²) in [5.41, 5.74) is 2.46. The molecule has 20 heavy (non-hydrogen) atoms. The molecule has 0 aliphatic rings. The molecule has 1 heterocycles. The molecule has 0 atom stereocenters. The molecular weight excluding hydrogens is 327 g/mol. The molecule has 0 unspecified atom stereocenters. The van der Waals surface area contributed by atoms with E-state index in [1.54, 1.807) is 12.1 Å². The molecule has 2 aromatic rings. The number of halogens is 2. The summed E-state index contributed by atoms with van der Waals surface area (Å²) in [5, 5.41) is 0. The molecule has 7 heteroatoms. The highest BCUT2D eigenvalue weighted by atomic mass is 79.9. The summed E-state index contributed by atoms with van der Waals surface area (Å²) in [6.07, 6.45) is 1.61. The molecule has 2 rings (SSSR count). The van der Waals surface area contributed by atoms with Crippen molar-refractivity contribution in [2.75, 3.05) is 5.43 Å². The third-order valence-corrected chi connectivity index (χ3v) is 2.89. The minimum atomic E-state index is -0.394. The van der Waals surface area contributed by atoms with Crippen LogP contribution < -0.4 is 16.0 Å². The third kappa shape index (κ3) is 3.88. The maximum absolute atomic E-state index is 13.3. The predicted molar refractivity (Wildman–Crippen MR) is 78.0 cm³/mol. The first-order valence-corrected chi connectivity index (χ1v) is 6.88. The van der Waals surface area contributed by atoms with Gasteiger partial charge < -0.3 is 10.2 Å². The van der Waals surface area contributed by atoms with Crippen molar-refractivity contribution in [2.24, 2.45) is 5.84 Å². The van der Waals surface area contributed by atoms with Gasteiger partial charge in [0.05, 0.1) is 0 Å². The number of nitrogens with zero attached hydrogens (tertiary/aromatic N) is 2. The molecule has 0 aliphatic heterocycles. The minimum Gasteiger partial charge on any atom is -0.439 e. The SMILES string of the molecule is CCCc1nc(NN)cc(Oc2cc(F)cc(Br)c2)n1. The summed E-state index contributed by atoms with van der Waals surface area (Å²) in [5.74, 6) is 6.70. The van der Waals surface area contributed by atoms with Gasteiger partial charge >= 0.3 is 0 Å². The van der Waals surface area contributed by atoms with Crippen LogP contribution in [0.5, 0.6) is 11.6 Å². The van der Waals surface area contributed by atoms with E-state index >= 15 is 0 Å². The van der Waals surface area contributed by atoms with Gasteiger partial charge in [0.2, 0.25) is 5.88 Å². The van der Waals surface area contributed by atoms with Crippen molar-refractivity contribution in [2.45, 2.75) is 19.8 Å². The van der Waals surface area contributed by atoms with E-state index in [0.717, 1.165) is 6.42 Å². The van der Waals surface area contributed by atoms with Crippen LogP contribution in [0, 0.1) is 5.82 Å². The fourth-order valence-corrected chi connectivity index (χ4v) is 2.09. The van der Waals surface area contributed by atoms with Crippen molar-refractivity contribution in [1.82, 2.24) is 9.97 Å². The largest absolute Gasteiger partial charge is 0.439 e. The van der Waals surface area contributed by atoms with E-state index in [9.17, 15) is 4.39 Å². The van der Waals surface area contributed by atoms with Gasteiger partial charge in [0.1, 0.15) is 23.2 Å². The second-order valence-corrected chi connectivity index (χ2v) is 5.02. The second-order valence-electron chi connectivity index (χ2n) is 4.11. The topological polar surface area (TPSA) is 73.1 Å². The van der Waals surface area contributed by atoms with Crippen molar-refractivity contribution in [3.63, 3.8) is 0 Å². The van der Waals surface area contributed by atoms with Crippen molar-refractivity contribution in [3.05, 3.63) is 40.4 Å². The standard InChI is InChI=1S/C13H14BrFN4O/c1-2-3-11-17-12(19-16)7-13(18-11)20-10-5-8(14)4-9(15)6-10/h4-7H,2-3,16H2,1H3,(H,17,18,19). The maximum Gasteiger partial charge on any atom is 0.224 e. The highest BCUT2D eigenvalue weighted by Gasteiger charge is 2.07. The van der Waals surface area contributed by atoms with Gasteiger partial charge in [-0.15, -0.1) is 0 Å². The van der Waals surface area contributed by atoms with Crippen molar-refractivity contribution >= 4 is 21.7 Å². The van der Waals surface area contributed by atoms with E-state index in [2.05, 4.69) is 31.3 Å². The number of nitrogen functional groups attached to an aromatic ring is 1. The molecule has 3 N–H and O–H groups in total. The number of rotatable bonds is 5. The third-order valence-electron chi connectivity index (χ3n) is 2.43. The Hall–Kier alpha value is -1.73. The Morgan fingerprint density at radius 1 is 1.30 bits per heavy atom. The second kappa shape index (κ2) is 6.62. The molecule has 0 aliphatic carbocycles. The number of nitrogens with two attached hydrogens (primary N) is 1. The highest BCUT2D eigenvalue weighted by molar-refractivity contribution is 9.10. The van der Waals surface area contributed by atoms with E-state index in [1.807, 2.05) is 6.92 Å². The van der Waals surface area contributed by atoms with Crippen LogP contribution in [-0.4, -0.2) is 9.97 Å². The first kappa shape index (κ1) is 14.7. The summed E-state index contributed by atoms with van der Waals surface area (Å²) >= 11 is 3.21. The number of aryl methyl sites for hydroxylation is 1. The van der Waals surface area contributed by atoms with Gasteiger partial charge in [-0.25, -0.2) is 15.2 Å². The Balaban J connectivity index is 2.29. The van der Waals surface area contributed by atoms with E-state index in [1.165, 1.54) is 12.1 Å². The molecule has 0 fully saturated rings. The smallest absolute Gasteiger partial charge is 0.224 e. The van der Waals surface area contributed by atoms with Gasteiger partial charge in [-0.05, 0) is 18.6 Å². The Bertz CT molecular complexity index is 589. The number of aromatic nitrogens is 2. The Morgan fingerprint density at radius 3 is 2.75 bits per heavy atom. The van der Waals surface area contributed by atoms with Crippen LogP contribution in [0.4, 0.5) is 10.2 Å². The zero-order chi connectivity index (χ0) is 14.5. The predicted octanol–water partition coefficient (Wildman–Crippen LogP) is 3.41. The number of nitrogens with one attached hydrogen (secondary N) is 1. The monoisotopic (exact) mass is 340 g/mol. The van der Waals surface area contributed by atoms with Crippen LogP contribution in [0.25, 0.3) is 0 Å². The van der Waals surface area contributed by atoms with Crippen LogP contribution in [0.1, 0.15) is 19.2 Å². The van der Waals surface area contributed by atoms with Gasteiger partial charge in [-0.2, -0.15) is 4.98 Å². The van der Waals surface area contributed by atoms with E-state index in [4.69, 9.17) is 10.6 Å². The normalized spacial score (nSPS) is 10.4. The van der Waals surface area contributed by atoms with E-state index in [0.29, 0.717) is 34.2 Å². The Labute approximate surface area is 124 Å². The Kier molecular flexibility index (Phi) is 4.86. The lowest BCUT2D eigenvalue weighted by Crippen LogP contribution is -2.10. The lowest BCUT2D eigenvalue weighted by molar-refractivity contribution is 0.453. The quantitative estimate of drug-likeness (QED) is 0.644.